The van der Waals surface area contributed by atoms with Gasteiger partial charge in [-0.05, 0) is 68.5 Å². The van der Waals surface area contributed by atoms with Crippen LogP contribution in [0.4, 0.5) is 0 Å². The van der Waals surface area contributed by atoms with E-state index in [9.17, 15) is 9.90 Å². The normalized spacial score (nSPS) is 23.7. The molecule has 0 aliphatic carbocycles. The summed E-state index contributed by atoms with van der Waals surface area (Å²) in [7, 11) is 0. The second-order valence-corrected chi connectivity index (χ2v) is 7.78. The van der Waals surface area contributed by atoms with Crippen molar-refractivity contribution < 1.29 is 9.90 Å². The van der Waals surface area contributed by atoms with Gasteiger partial charge < -0.3 is 14.9 Å². The van der Waals surface area contributed by atoms with Gasteiger partial charge in [-0.15, -0.1) is 10.2 Å². The van der Waals surface area contributed by atoms with Crippen LogP contribution in [0.15, 0.2) is 36.9 Å². The lowest BCUT2D eigenvalue weighted by Crippen LogP contribution is -2.47. The fourth-order valence-corrected chi connectivity index (χ4v) is 4.37. The maximum absolute atomic E-state index is 13.0. The third kappa shape index (κ3) is 4.20. The van der Waals surface area contributed by atoms with E-state index in [4.69, 9.17) is 0 Å². The van der Waals surface area contributed by atoms with Crippen LogP contribution in [-0.2, 0) is 0 Å². The van der Waals surface area contributed by atoms with Crippen molar-refractivity contribution in [2.45, 2.75) is 19.3 Å². The first-order valence-electron chi connectivity index (χ1n) is 9.80. The second kappa shape index (κ2) is 8.19. The van der Waals surface area contributed by atoms with Crippen molar-refractivity contribution in [1.29, 1.82) is 0 Å². The number of hydrogen-bond donors (Lipinski definition) is 1. The van der Waals surface area contributed by atoms with Crippen LogP contribution in [0.1, 0.15) is 29.6 Å². The van der Waals surface area contributed by atoms with E-state index in [0.717, 1.165) is 25.2 Å². The zero-order valence-corrected chi connectivity index (χ0v) is 15.6. The quantitative estimate of drug-likeness (QED) is 0.863. The monoisotopic (exact) mass is 369 g/mol. The molecule has 1 amide bonds. The van der Waals surface area contributed by atoms with Crippen LogP contribution in [0, 0.1) is 11.8 Å². The van der Waals surface area contributed by atoms with Gasteiger partial charge in [-0.1, -0.05) is 0 Å². The summed E-state index contributed by atoms with van der Waals surface area (Å²) in [5.74, 6) is 0.663. The van der Waals surface area contributed by atoms with E-state index in [1.54, 1.807) is 12.7 Å². The lowest BCUT2D eigenvalue weighted by atomic mass is 9.89. The molecule has 1 N–H and O–H groups in total. The highest BCUT2D eigenvalue weighted by molar-refractivity contribution is 5.94. The number of carbonyl (C=O) groups is 1. The molecule has 4 rings (SSSR count). The summed E-state index contributed by atoms with van der Waals surface area (Å²) in [4.78, 5) is 17.5. The number of aliphatic hydroxyl groups excluding tert-OH is 1. The maximum atomic E-state index is 13.0. The Morgan fingerprint density at radius 3 is 2.37 bits per heavy atom. The van der Waals surface area contributed by atoms with E-state index in [-0.39, 0.29) is 18.4 Å². The molecule has 27 heavy (non-hydrogen) atoms. The van der Waals surface area contributed by atoms with Crippen molar-refractivity contribution >= 4 is 5.91 Å². The van der Waals surface area contributed by atoms with Crippen LogP contribution in [0.2, 0.25) is 0 Å². The van der Waals surface area contributed by atoms with Gasteiger partial charge in [0.05, 0.1) is 0 Å². The summed E-state index contributed by atoms with van der Waals surface area (Å²) in [6, 6.07) is 7.53. The van der Waals surface area contributed by atoms with Crippen LogP contribution in [0.5, 0.6) is 0 Å². The molecule has 0 radical (unpaired) electrons. The molecule has 2 saturated heterocycles. The molecule has 0 bridgehead atoms. The number of likely N-dealkylation sites (tertiary alicyclic amines) is 2. The van der Waals surface area contributed by atoms with E-state index in [1.807, 2.05) is 33.7 Å². The Hall–Kier alpha value is -2.25. The first-order chi connectivity index (χ1) is 13.2. The van der Waals surface area contributed by atoms with Gasteiger partial charge >= 0.3 is 0 Å². The molecule has 1 aromatic heterocycles. The summed E-state index contributed by atoms with van der Waals surface area (Å²) in [6.45, 7) is 4.93. The van der Waals surface area contributed by atoms with Gasteiger partial charge in [0.15, 0.2) is 0 Å². The SMILES string of the molecule is O=C(c1ccc(-n2cnnc2)cc1)N1C[C@H](CO)C[C@H](CN2CCCC2)C1. The molecule has 0 saturated carbocycles. The first-order valence-corrected chi connectivity index (χ1v) is 9.80. The molecule has 7 nitrogen and oxygen atoms in total. The van der Waals surface area contributed by atoms with Crippen molar-refractivity contribution in [2.24, 2.45) is 11.8 Å². The smallest absolute Gasteiger partial charge is 0.253 e. The lowest BCUT2D eigenvalue weighted by Gasteiger charge is -2.38. The Kier molecular flexibility index (Phi) is 5.50. The van der Waals surface area contributed by atoms with Crippen molar-refractivity contribution in [1.82, 2.24) is 24.6 Å². The second-order valence-electron chi connectivity index (χ2n) is 7.78. The van der Waals surface area contributed by atoms with Crippen LogP contribution in [0.25, 0.3) is 5.69 Å². The molecule has 2 atom stereocenters. The largest absolute Gasteiger partial charge is 0.396 e. The molecule has 3 heterocycles. The number of piperidine rings is 1. The van der Waals surface area contributed by atoms with E-state index in [0.29, 0.717) is 18.0 Å². The predicted octanol–water partition coefficient (Wildman–Crippen LogP) is 1.43. The third-order valence-corrected chi connectivity index (χ3v) is 5.72. The number of aromatic nitrogens is 3. The zero-order valence-electron chi connectivity index (χ0n) is 15.6. The molecule has 2 fully saturated rings. The Labute approximate surface area is 159 Å². The minimum atomic E-state index is 0.0508. The number of hydrogen-bond acceptors (Lipinski definition) is 5. The molecule has 7 heteroatoms. The number of rotatable bonds is 5. The number of benzene rings is 1. The van der Waals surface area contributed by atoms with Crippen LogP contribution in [-0.4, -0.2) is 74.9 Å². The van der Waals surface area contributed by atoms with Gasteiger partial charge in [-0.25, -0.2) is 0 Å². The number of carbonyl (C=O) groups excluding carboxylic acids is 1. The molecular formula is C20H27N5O2. The number of amides is 1. The Bertz CT molecular complexity index is 740. The van der Waals surface area contributed by atoms with E-state index in [2.05, 4.69) is 15.1 Å². The average molecular weight is 369 g/mol. The van der Waals surface area contributed by atoms with Crippen LogP contribution in [0.3, 0.4) is 0 Å². The number of aliphatic hydroxyl groups is 1. The minimum absolute atomic E-state index is 0.0508. The average Bonchev–Trinajstić information content (AvgIpc) is 3.41. The predicted molar refractivity (Wildman–Crippen MR) is 102 cm³/mol. The van der Waals surface area contributed by atoms with Gasteiger partial charge in [0.1, 0.15) is 12.7 Å². The van der Waals surface area contributed by atoms with Crippen molar-refractivity contribution in [3.8, 4) is 5.69 Å². The number of nitrogens with zero attached hydrogens (tertiary/aromatic N) is 5. The topological polar surface area (TPSA) is 74.5 Å². The van der Waals surface area contributed by atoms with Gasteiger partial charge in [0.2, 0.25) is 0 Å². The van der Waals surface area contributed by atoms with Crippen LogP contribution >= 0.6 is 0 Å². The molecular weight excluding hydrogens is 342 g/mol. The fourth-order valence-electron chi connectivity index (χ4n) is 4.37. The highest BCUT2D eigenvalue weighted by Crippen LogP contribution is 2.25. The summed E-state index contributed by atoms with van der Waals surface area (Å²) < 4.78 is 1.81. The van der Waals surface area contributed by atoms with E-state index < -0.39 is 0 Å². The summed E-state index contributed by atoms with van der Waals surface area (Å²) >= 11 is 0. The third-order valence-electron chi connectivity index (χ3n) is 5.72. The molecule has 1 aromatic carbocycles. The molecule has 0 spiro atoms. The van der Waals surface area contributed by atoms with E-state index >= 15 is 0 Å². The maximum Gasteiger partial charge on any atom is 0.253 e. The van der Waals surface area contributed by atoms with Crippen molar-refractivity contribution in [3.63, 3.8) is 0 Å². The molecule has 2 aliphatic heterocycles. The molecule has 144 valence electrons. The molecule has 2 aromatic rings. The van der Waals surface area contributed by atoms with Crippen LogP contribution < -0.4 is 0 Å². The molecule has 0 unspecified atom stereocenters. The highest BCUT2D eigenvalue weighted by Gasteiger charge is 2.31. The standard InChI is InChI=1S/C20H27N5O2/c26-13-17-9-16(10-23-7-1-2-8-23)11-24(12-17)20(27)18-3-5-19(6-4-18)25-14-21-22-15-25/h3-6,14-17,26H,1-2,7-13H2/t16-,17-/m1/s1. The summed E-state index contributed by atoms with van der Waals surface area (Å²) in [6.07, 6.45) is 6.82. The zero-order chi connectivity index (χ0) is 18.6. The van der Waals surface area contributed by atoms with Gasteiger partial charge in [-0.3, -0.25) is 9.36 Å². The lowest BCUT2D eigenvalue weighted by molar-refractivity contribution is 0.0465. The summed E-state index contributed by atoms with van der Waals surface area (Å²) in [5, 5.41) is 17.3. The van der Waals surface area contributed by atoms with Crippen molar-refractivity contribution in [3.05, 3.63) is 42.5 Å². The fraction of sp³-hybridized carbons (Fsp3) is 0.550. The highest BCUT2D eigenvalue weighted by atomic mass is 16.3. The Balaban J connectivity index is 1.44. The minimum Gasteiger partial charge on any atom is -0.396 e. The van der Waals surface area contributed by atoms with Crippen molar-refractivity contribution in [2.75, 3.05) is 39.3 Å². The van der Waals surface area contributed by atoms with Gasteiger partial charge in [0, 0.05) is 37.5 Å². The Morgan fingerprint density at radius 1 is 1.04 bits per heavy atom. The van der Waals surface area contributed by atoms with Gasteiger partial charge in [0.25, 0.3) is 5.91 Å². The first kappa shape index (κ1) is 18.1. The van der Waals surface area contributed by atoms with Gasteiger partial charge in [-0.2, -0.15) is 0 Å². The Morgan fingerprint density at radius 2 is 1.70 bits per heavy atom. The van der Waals surface area contributed by atoms with E-state index in [1.165, 1.54) is 25.9 Å². The molecule has 2 aliphatic rings. The summed E-state index contributed by atoms with van der Waals surface area (Å²) in [5.41, 5.74) is 1.61.